The zero-order chi connectivity index (χ0) is 13.0. The van der Waals surface area contributed by atoms with Crippen LogP contribution in [0.4, 0.5) is 0 Å². The van der Waals surface area contributed by atoms with Crippen LogP contribution in [0.25, 0.3) is 0 Å². The third-order valence-electron chi connectivity index (χ3n) is 2.66. The molecule has 96 valence electrons. The number of pyridine rings is 1. The van der Waals surface area contributed by atoms with Crippen LogP contribution in [-0.4, -0.2) is 27.2 Å². The average molecular weight is 263 g/mol. The second-order valence-corrected chi connectivity index (χ2v) is 5.01. The fourth-order valence-corrected chi connectivity index (χ4v) is 2.42. The van der Waals surface area contributed by atoms with Gasteiger partial charge < -0.3 is 5.32 Å². The molecule has 0 fully saturated rings. The lowest BCUT2D eigenvalue weighted by Crippen LogP contribution is -2.16. The molecule has 5 nitrogen and oxygen atoms in total. The SMILES string of the molecule is CCC(NC)c1ccc(Sc2n[nH]c(C)n2)cn1. The van der Waals surface area contributed by atoms with E-state index >= 15 is 0 Å². The van der Waals surface area contributed by atoms with Gasteiger partial charge in [-0.05, 0) is 44.3 Å². The Balaban J connectivity index is 2.07. The van der Waals surface area contributed by atoms with Crippen LogP contribution in [0.15, 0.2) is 28.4 Å². The van der Waals surface area contributed by atoms with Crippen molar-refractivity contribution in [2.75, 3.05) is 7.05 Å². The van der Waals surface area contributed by atoms with Crippen LogP contribution in [-0.2, 0) is 0 Å². The summed E-state index contributed by atoms with van der Waals surface area (Å²) in [5.74, 6) is 0.823. The van der Waals surface area contributed by atoms with Crippen LogP contribution < -0.4 is 5.32 Å². The van der Waals surface area contributed by atoms with Crippen molar-refractivity contribution >= 4 is 11.8 Å². The first-order chi connectivity index (χ1) is 8.72. The van der Waals surface area contributed by atoms with Gasteiger partial charge >= 0.3 is 0 Å². The summed E-state index contributed by atoms with van der Waals surface area (Å²) in [6.45, 7) is 4.03. The maximum atomic E-state index is 4.47. The van der Waals surface area contributed by atoms with E-state index in [1.54, 1.807) is 0 Å². The van der Waals surface area contributed by atoms with Gasteiger partial charge in [0.2, 0.25) is 5.16 Å². The van der Waals surface area contributed by atoms with Crippen molar-refractivity contribution in [2.24, 2.45) is 0 Å². The number of H-pyrrole nitrogens is 1. The summed E-state index contributed by atoms with van der Waals surface area (Å²) < 4.78 is 0. The van der Waals surface area contributed by atoms with E-state index in [0.29, 0.717) is 6.04 Å². The van der Waals surface area contributed by atoms with Crippen LogP contribution in [0.5, 0.6) is 0 Å². The topological polar surface area (TPSA) is 66.5 Å². The smallest absolute Gasteiger partial charge is 0.213 e. The van der Waals surface area contributed by atoms with Gasteiger partial charge in [-0.15, -0.1) is 5.10 Å². The molecule has 2 N–H and O–H groups in total. The minimum Gasteiger partial charge on any atom is -0.312 e. The van der Waals surface area contributed by atoms with Gasteiger partial charge in [0.25, 0.3) is 0 Å². The van der Waals surface area contributed by atoms with E-state index in [2.05, 4.69) is 38.5 Å². The third-order valence-corrected chi connectivity index (χ3v) is 3.50. The zero-order valence-corrected chi connectivity index (χ0v) is 11.6. The molecule has 0 spiro atoms. The quantitative estimate of drug-likeness (QED) is 0.866. The number of aryl methyl sites for hydroxylation is 1. The molecule has 0 saturated carbocycles. The van der Waals surface area contributed by atoms with E-state index in [-0.39, 0.29) is 0 Å². The van der Waals surface area contributed by atoms with Gasteiger partial charge in [-0.2, -0.15) is 0 Å². The molecule has 0 amide bonds. The molecule has 1 atom stereocenters. The second kappa shape index (κ2) is 5.97. The van der Waals surface area contributed by atoms with Crippen LogP contribution >= 0.6 is 11.8 Å². The Hall–Kier alpha value is -1.40. The summed E-state index contributed by atoms with van der Waals surface area (Å²) >= 11 is 1.51. The number of nitrogens with zero attached hydrogens (tertiary/aromatic N) is 3. The molecule has 0 aliphatic heterocycles. The summed E-state index contributed by atoms with van der Waals surface area (Å²) in [7, 11) is 1.95. The number of nitrogens with one attached hydrogen (secondary N) is 2. The molecule has 0 bridgehead atoms. The molecule has 18 heavy (non-hydrogen) atoms. The minimum absolute atomic E-state index is 0.315. The molecule has 0 aliphatic carbocycles. The first-order valence-corrected chi connectivity index (χ1v) is 6.74. The molecule has 2 aromatic heterocycles. The molecule has 2 heterocycles. The Labute approximate surface area is 111 Å². The van der Waals surface area contributed by atoms with Crippen LogP contribution in [0.2, 0.25) is 0 Å². The molecule has 0 aliphatic rings. The van der Waals surface area contributed by atoms with E-state index in [0.717, 1.165) is 28.0 Å². The Morgan fingerprint density at radius 1 is 1.44 bits per heavy atom. The van der Waals surface area contributed by atoms with Gasteiger partial charge in [-0.25, -0.2) is 4.98 Å². The number of aromatic amines is 1. The van der Waals surface area contributed by atoms with Crippen molar-refractivity contribution in [3.05, 3.63) is 29.8 Å². The van der Waals surface area contributed by atoms with Crippen molar-refractivity contribution in [3.8, 4) is 0 Å². The summed E-state index contributed by atoms with van der Waals surface area (Å²) in [5, 5.41) is 10.9. The fraction of sp³-hybridized carbons (Fsp3) is 0.417. The summed E-state index contributed by atoms with van der Waals surface area (Å²) in [5.41, 5.74) is 1.07. The van der Waals surface area contributed by atoms with Gasteiger partial charge in [0, 0.05) is 17.1 Å². The average Bonchev–Trinajstić information content (AvgIpc) is 2.78. The van der Waals surface area contributed by atoms with Crippen molar-refractivity contribution in [2.45, 2.75) is 36.4 Å². The highest BCUT2D eigenvalue weighted by Gasteiger charge is 2.08. The predicted molar refractivity (Wildman–Crippen MR) is 71.6 cm³/mol. The first-order valence-electron chi connectivity index (χ1n) is 5.93. The highest BCUT2D eigenvalue weighted by Crippen LogP contribution is 2.24. The molecule has 6 heteroatoms. The standard InChI is InChI=1S/C12H17N5S/c1-4-10(13-3)11-6-5-9(7-14-11)18-12-15-8(2)16-17-12/h5-7,10,13H,4H2,1-3H3,(H,15,16,17). The lowest BCUT2D eigenvalue weighted by Gasteiger charge is -2.12. The minimum atomic E-state index is 0.315. The van der Waals surface area contributed by atoms with E-state index in [1.165, 1.54) is 11.8 Å². The monoisotopic (exact) mass is 263 g/mol. The Bertz CT molecular complexity index is 489. The number of hydrogen-bond acceptors (Lipinski definition) is 5. The van der Waals surface area contributed by atoms with E-state index in [1.807, 2.05) is 26.2 Å². The fourth-order valence-electron chi connectivity index (χ4n) is 1.69. The van der Waals surface area contributed by atoms with Crippen LogP contribution in [0.3, 0.4) is 0 Å². The number of hydrogen-bond donors (Lipinski definition) is 2. The lowest BCUT2D eigenvalue weighted by atomic mass is 10.1. The molecular weight excluding hydrogens is 246 g/mol. The molecule has 1 unspecified atom stereocenters. The Kier molecular flexibility index (Phi) is 4.33. The zero-order valence-electron chi connectivity index (χ0n) is 10.8. The molecule has 0 saturated heterocycles. The van der Waals surface area contributed by atoms with Gasteiger partial charge in [-0.1, -0.05) is 6.92 Å². The van der Waals surface area contributed by atoms with Gasteiger partial charge in [-0.3, -0.25) is 10.1 Å². The number of rotatable bonds is 5. The molecule has 2 rings (SSSR count). The van der Waals surface area contributed by atoms with Crippen LogP contribution in [0.1, 0.15) is 30.9 Å². The van der Waals surface area contributed by atoms with E-state index in [9.17, 15) is 0 Å². The van der Waals surface area contributed by atoms with Gasteiger partial charge in [0.1, 0.15) is 5.82 Å². The highest BCUT2D eigenvalue weighted by atomic mass is 32.2. The van der Waals surface area contributed by atoms with E-state index in [4.69, 9.17) is 0 Å². The molecule has 0 aromatic carbocycles. The number of aromatic nitrogens is 4. The van der Waals surface area contributed by atoms with Crippen molar-refractivity contribution in [3.63, 3.8) is 0 Å². The van der Waals surface area contributed by atoms with Crippen molar-refractivity contribution < 1.29 is 0 Å². The van der Waals surface area contributed by atoms with Crippen molar-refractivity contribution in [1.82, 2.24) is 25.5 Å². The first kappa shape index (κ1) is 13.0. The van der Waals surface area contributed by atoms with Crippen molar-refractivity contribution in [1.29, 1.82) is 0 Å². The lowest BCUT2D eigenvalue weighted by molar-refractivity contribution is 0.561. The van der Waals surface area contributed by atoms with Gasteiger partial charge in [0.15, 0.2) is 0 Å². The predicted octanol–water partition coefficient (Wildman–Crippen LogP) is 2.33. The molecule has 2 aromatic rings. The summed E-state index contributed by atoms with van der Waals surface area (Å²) in [6.07, 6.45) is 2.89. The maximum Gasteiger partial charge on any atom is 0.213 e. The normalized spacial score (nSPS) is 12.6. The second-order valence-electron chi connectivity index (χ2n) is 3.97. The largest absolute Gasteiger partial charge is 0.312 e. The Morgan fingerprint density at radius 3 is 2.78 bits per heavy atom. The third kappa shape index (κ3) is 3.08. The highest BCUT2D eigenvalue weighted by molar-refractivity contribution is 7.99. The van der Waals surface area contributed by atoms with Gasteiger partial charge in [0.05, 0.1) is 5.69 Å². The maximum absolute atomic E-state index is 4.47. The molecular formula is C12H17N5S. The van der Waals surface area contributed by atoms with E-state index < -0.39 is 0 Å². The summed E-state index contributed by atoms with van der Waals surface area (Å²) in [6, 6.07) is 4.42. The van der Waals surface area contributed by atoms with Crippen LogP contribution in [0, 0.1) is 6.92 Å². The summed E-state index contributed by atoms with van der Waals surface area (Å²) in [4.78, 5) is 9.77. The molecule has 0 radical (unpaired) electrons. The Morgan fingerprint density at radius 2 is 2.28 bits per heavy atom.